The second-order valence-corrected chi connectivity index (χ2v) is 16.7. The molecule has 15 nitrogen and oxygen atoms in total. The molecule has 0 aliphatic carbocycles. The van der Waals surface area contributed by atoms with Gasteiger partial charge in [-0.2, -0.15) is 4.98 Å². The van der Waals surface area contributed by atoms with Crippen LogP contribution in [0.15, 0.2) is 121 Å². The summed E-state index contributed by atoms with van der Waals surface area (Å²) in [4.78, 5) is 52.4. The molecule has 1 fully saturated rings. The molecular formula is C49H46FN13O2. The number of H-pyrrole nitrogens is 2. The molecule has 8 heterocycles. The third-order valence-electron chi connectivity index (χ3n) is 11.8. The molecular weight excluding hydrogens is 822 g/mol. The SMILES string of the molecule is C=CCn1c(=O)c2cnc(Nc3ccc(N4CCN(C)CC4)cc3)nc2n1-c1cccc(C(C)(C)O)n1.Cc1[nH]c2ccc(F)cc2c1-c1nc2c3cccnc3c3ncccc3c2[nH]1. The number of nitrogens with zero attached hydrogens (tertiary/aromatic N) is 10. The summed E-state index contributed by atoms with van der Waals surface area (Å²) < 4.78 is 17.1. The normalized spacial score (nSPS) is 13.5. The number of aromatic amines is 2. The Balaban J connectivity index is 0.000000159. The van der Waals surface area contributed by atoms with E-state index < -0.39 is 5.60 Å². The monoisotopic (exact) mass is 867 g/mol. The van der Waals surface area contributed by atoms with E-state index in [1.54, 1.807) is 67.3 Å². The van der Waals surface area contributed by atoms with Gasteiger partial charge in [0, 0.05) is 89.1 Å². The van der Waals surface area contributed by atoms with E-state index in [9.17, 15) is 14.3 Å². The van der Waals surface area contributed by atoms with E-state index in [0.717, 1.165) is 86.9 Å². The third-order valence-corrected chi connectivity index (χ3v) is 11.8. The molecule has 4 N–H and O–H groups in total. The zero-order chi connectivity index (χ0) is 45.0. The number of imidazole rings is 1. The summed E-state index contributed by atoms with van der Waals surface area (Å²) in [6.45, 7) is 13.5. The van der Waals surface area contributed by atoms with Crippen LogP contribution in [-0.4, -0.2) is 92.5 Å². The Morgan fingerprint density at radius 2 is 1.57 bits per heavy atom. The third kappa shape index (κ3) is 7.61. The molecule has 1 saturated heterocycles. The van der Waals surface area contributed by atoms with Crippen LogP contribution in [-0.2, 0) is 12.1 Å². The molecule has 0 radical (unpaired) electrons. The lowest BCUT2D eigenvalue weighted by Crippen LogP contribution is -2.44. The Morgan fingerprint density at radius 1 is 0.831 bits per heavy atom. The van der Waals surface area contributed by atoms with Crippen LogP contribution in [0.25, 0.3) is 72.0 Å². The molecule has 1 aliphatic rings. The quantitative estimate of drug-likeness (QED) is 0.0858. The van der Waals surface area contributed by atoms with Crippen molar-refractivity contribution in [1.29, 1.82) is 0 Å². The number of hydrogen-bond acceptors (Lipinski definition) is 11. The first-order chi connectivity index (χ1) is 31.4. The van der Waals surface area contributed by atoms with Crippen molar-refractivity contribution in [2.24, 2.45) is 0 Å². The van der Waals surface area contributed by atoms with Crippen molar-refractivity contribution < 1.29 is 9.50 Å². The minimum atomic E-state index is -1.14. The van der Waals surface area contributed by atoms with Gasteiger partial charge in [-0.25, -0.2) is 28.7 Å². The van der Waals surface area contributed by atoms with Gasteiger partial charge in [0.1, 0.15) is 22.6 Å². The van der Waals surface area contributed by atoms with Crippen molar-refractivity contribution in [2.45, 2.75) is 32.9 Å². The Hall–Kier alpha value is -7.82. The van der Waals surface area contributed by atoms with E-state index >= 15 is 0 Å². The molecule has 65 heavy (non-hydrogen) atoms. The Bertz CT molecular complexity index is 3410. The molecule has 0 bridgehead atoms. The molecule has 0 spiro atoms. The average Bonchev–Trinajstić information content (AvgIpc) is 3.98. The van der Waals surface area contributed by atoms with E-state index in [2.05, 4.69) is 70.8 Å². The molecule has 7 aromatic heterocycles. The summed E-state index contributed by atoms with van der Waals surface area (Å²) in [5.74, 6) is 1.26. The molecule has 1 aliphatic heterocycles. The molecule has 11 rings (SSSR count). The van der Waals surface area contributed by atoms with Crippen LogP contribution in [0.5, 0.6) is 0 Å². The number of pyridine rings is 3. The minimum Gasteiger partial charge on any atom is -0.384 e. The number of aliphatic hydroxyl groups is 1. The summed E-state index contributed by atoms with van der Waals surface area (Å²) >= 11 is 0. The van der Waals surface area contributed by atoms with Crippen molar-refractivity contribution in [3.8, 4) is 17.2 Å². The fourth-order valence-corrected chi connectivity index (χ4v) is 8.51. The number of halogens is 1. The summed E-state index contributed by atoms with van der Waals surface area (Å²) in [5.41, 5.74) is 7.64. The van der Waals surface area contributed by atoms with E-state index in [0.29, 0.717) is 34.3 Å². The van der Waals surface area contributed by atoms with Gasteiger partial charge in [-0.15, -0.1) is 6.58 Å². The fraction of sp³-hybridized carbons (Fsp3) is 0.204. The molecule has 0 atom stereocenters. The molecule has 0 saturated carbocycles. The van der Waals surface area contributed by atoms with Gasteiger partial charge in [-0.05, 0) is 107 Å². The van der Waals surface area contributed by atoms with Crippen LogP contribution in [0, 0.1) is 12.7 Å². The van der Waals surface area contributed by atoms with Crippen molar-refractivity contribution >= 4 is 72.1 Å². The van der Waals surface area contributed by atoms with Crippen molar-refractivity contribution in [3.05, 3.63) is 144 Å². The van der Waals surface area contributed by atoms with Gasteiger partial charge in [0.25, 0.3) is 5.56 Å². The predicted molar refractivity (Wildman–Crippen MR) is 254 cm³/mol. The Labute approximate surface area is 372 Å². The standard InChI is InChI=1S/C27H32N8O2.C22H14FN5/c1-5-13-34-25(36)21-18-28-26(29-19-9-11-20(12-10-19)33-16-14-32(4)15-17-33)31-24(21)35(34)23-8-6-7-22(30-23)27(2,3)37;1-11-17(15-10-12(23)6-7-16(15)26-11)22-27-20-13-4-2-8-24-18(13)19-14(21(20)28-22)5-3-9-25-19/h5-12,18,37H,1,13-17H2,2-4H3,(H,28,29,31);2-10,26H,1H3,(H,27,28). The molecule has 326 valence electrons. The first-order valence-corrected chi connectivity index (χ1v) is 21.3. The average molecular weight is 868 g/mol. The van der Waals surface area contributed by atoms with Crippen molar-refractivity contribution in [2.75, 3.05) is 43.4 Å². The number of likely N-dealkylation sites (N-methyl/N-ethyl adjacent to an activating group) is 1. The predicted octanol–water partition coefficient (Wildman–Crippen LogP) is 8.14. The van der Waals surface area contributed by atoms with E-state index in [1.165, 1.54) is 22.6 Å². The van der Waals surface area contributed by atoms with Gasteiger partial charge >= 0.3 is 0 Å². The number of rotatable bonds is 8. The van der Waals surface area contributed by atoms with Crippen LogP contribution >= 0.6 is 0 Å². The highest BCUT2D eigenvalue weighted by molar-refractivity contribution is 6.21. The van der Waals surface area contributed by atoms with Gasteiger partial charge in [-0.3, -0.25) is 14.8 Å². The number of allylic oxidation sites excluding steroid dienone is 1. The van der Waals surface area contributed by atoms with E-state index in [-0.39, 0.29) is 17.9 Å². The maximum Gasteiger partial charge on any atom is 0.278 e. The van der Waals surface area contributed by atoms with E-state index in [4.69, 9.17) is 9.97 Å². The number of aryl methyl sites for hydroxylation is 1. The van der Waals surface area contributed by atoms with Gasteiger partial charge in [0.05, 0.1) is 34.3 Å². The zero-order valence-electron chi connectivity index (χ0n) is 36.3. The largest absolute Gasteiger partial charge is 0.384 e. The van der Waals surface area contributed by atoms with Gasteiger partial charge in [-0.1, -0.05) is 12.1 Å². The van der Waals surface area contributed by atoms with Crippen LogP contribution in [0.3, 0.4) is 0 Å². The molecule has 10 aromatic rings. The topological polar surface area (TPSA) is 175 Å². The lowest BCUT2D eigenvalue weighted by atomic mass is 10.1. The molecule has 0 amide bonds. The van der Waals surface area contributed by atoms with Gasteiger partial charge in [0.15, 0.2) is 11.5 Å². The van der Waals surface area contributed by atoms with Crippen molar-refractivity contribution in [1.82, 2.24) is 54.1 Å². The highest BCUT2D eigenvalue weighted by Gasteiger charge is 2.23. The minimum absolute atomic E-state index is 0.242. The van der Waals surface area contributed by atoms with Crippen LogP contribution in [0.4, 0.5) is 21.7 Å². The number of hydrogen-bond donors (Lipinski definition) is 4. The zero-order valence-corrected chi connectivity index (χ0v) is 36.3. The highest BCUT2D eigenvalue weighted by atomic mass is 19.1. The van der Waals surface area contributed by atoms with Gasteiger partial charge < -0.3 is 30.2 Å². The van der Waals surface area contributed by atoms with Crippen molar-refractivity contribution in [3.63, 3.8) is 0 Å². The maximum atomic E-state index is 13.9. The second kappa shape index (κ2) is 16.4. The molecule has 3 aromatic carbocycles. The number of aromatic nitrogens is 10. The van der Waals surface area contributed by atoms with Crippen LogP contribution in [0.1, 0.15) is 25.2 Å². The summed E-state index contributed by atoms with van der Waals surface area (Å²) in [5, 5.41) is 16.8. The Kier molecular flexibility index (Phi) is 10.4. The van der Waals surface area contributed by atoms with E-state index in [1.807, 2.05) is 43.3 Å². The van der Waals surface area contributed by atoms with Crippen LogP contribution < -0.4 is 15.8 Å². The lowest BCUT2D eigenvalue weighted by Gasteiger charge is -2.34. The summed E-state index contributed by atoms with van der Waals surface area (Å²) in [6, 6.07) is 26.1. The van der Waals surface area contributed by atoms with Crippen LogP contribution in [0.2, 0.25) is 0 Å². The van der Waals surface area contributed by atoms with Gasteiger partial charge in [0.2, 0.25) is 5.95 Å². The second-order valence-electron chi connectivity index (χ2n) is 16.7. The molecule has 0 unspecified atom stereocenters. The highest BCUT2D eigenvalue weighted by Crippen LogP contribution is 2.37. The summed E-state index contributed by atoms with van der Waals surface area (Å²) in [6.07, 6.45) is 6.71. The first kappa shape index (κ1) is 41.2. The number of fused-ring (bicyclic) bond motifs is 8. The number of anilines is 3. The first-order valence-electron chi connectivity index (χ1n) is 21.3. The summed E-state index contributed by atoms with van der Waals surface area (Å²) in [7, 11) is 2.15. The number of nitrogens with one attached hydrogen (secondary N) is 3. The lowest BCUT2D eigenvalue weighted by molar-refractivity contribution is 0.0738. The smallest absolute Gasteiger partial charge is 0.278 e. The number of piperazine rings is 1. The maximum absolute atomic E-state index is 13.9. The molecule has 16 heteroatoms. The number of benzene rings is 3. The Morgan fingerprint density at radius 3 is 2.31 bits per heavy atom. The fourth-order valence-electron chi connectivity index (χ4n) is 8.51.